The molecule has 1 saturated carbocycles. The molecule has 2 fully saturated rings. The number of fused-ring (bicyclic) bond motifs is 1. The Bertz CT molecular complexity index is 1360. The third kappa shape index (κ3) is 4.11. The summed E-state index contributed by atoms with van der Waals surface area (Å²) in [5.41, 5.74) is 3.78. The molecule has 0 amide bonds. The van der Waals surface area contributed by atoms with Gasteiger partial charge in [0.15, 0.2) is 0 Å². The first-order valence-electron chi connectivity index (χ1n) is 15.4. The number of allylic oxidation sites excluding steroid dienone is 5. The summed E-state index contributed by atoms with van der Waals surface area (Å²) < 4.78 is 12.2. The molecule has 1 aromatic rings. The van der Waals surface area contributed by atoms with Crippen LogP contribution in [0, 0.1) is 35.0 Å². The van der Waals surface area contributed by atoms with E-state index >= 15 is 0 Å². The molecule has 40 heavy (non-hydrogen) atoms. The van der Waals surface area contributed by atoms with E-state index in [0.717, 1.165) is 91.6 Å². The van der Waals surface area contributed by atoms with Crippen LogP contribution < -0.4 is 0 Å². The van der Waals surface area contributed by atoms with E-state index in [1.165, 1.54) is 0 Å². The molecule has 1 N–H and O–H groups in total. The number of ether oxygens (including phenoxy) is 2. The second-order valence-corrected chi connectivity index (χ2v) is 12.8. The SMILES string of the molecule is CCC/C=C1\OC(=O)C2=C1CC[C@H]1[C@H]3CC[C@]4(C(=C3c3cccc(O)c3)C(=O)O/C4=C\[C@H](CC)CCC(C)C)[C@@H]21. The normalized spacial score (nSPS) is 31.6. The molecule has 1 aromatic carbocycles. The van der Waals surface area contributed by atoms with Crippen LogP contribution in [0.5, 0.6) is 5.75 Å². The van der Waals surface area contributed by atoms with Gasteiger partial charge in [-0.1, -0.05) is 52.7 Å². The predicted molar refractivity (Wildman–Crippen MR) is 155 cm³/mol. The maximum Gasteiger partial charge on any atom is 0.340 e. The molecule has 2 aliphatic heterocycles. The Morgan fingerprint density at radius 3 is 2.62 bits per heavy atom. The van der Waals surface area contributed by atoms with Crippen molar-refractivity contribution in [3.63, 3.8) is 0 Å². The quantitative estimate of drug-likeness (QED) is 0.337. The number of aromatic hydroxyl groups is 1. The lowest BCUT2D eigenvalue weighted by Gasteiger charge is -2.56. The van der Waals surface area contributed by atoms with Crippen LogP contribution in [0.3, 0.4) is 0 Å². The van der Waals surface area contributed by atoms with E-state index < -0.39 is 5.41 Å². The fourth-order valence-corrected chi connectivity index (χ4v) is 8.35. The number of benzene rings is 1. The number of phenolic OH excluding ortho intramolecular Hbond substituents is 1. The number of phenols is 1. The van der Waals surface area contributed by atoms with Gasteiger partial charge >= 0.3 is 11.9 Å². The van der Waals surface area contributed by atoms with Crippen LogP contribution in [0.25, 0.3) is 5.57 Å². The Balaban J connectivity index is 1.57. The van der Waals surface area contributed by atoms with Crippen molar-refractivity contribution in [3.8, 4) is 5.75 Å². The summed E-state index contributed by atoms with van der Waals surface area (Å²) in [5, 5.41) is 10.4. The predicted octanol–water partition coefficient (Wildman–Crippen LogP) is 8.02. The molecule has 5 nitrogen and oxygen atoms in total. The zero-order valence-electron chi connectivity index (χ0n) is 24.3. The lowest BCUT2D eigenvalue weighted by molar-refractivity contribution is -0.135. The topological polar surface area (TPSA) is 72.8 Å². The van der Waals surface area contributed by atoms with E-state index in [2.05, 4.69) is 39.8 Å². The van der Waals surface area contributed by atoms with Gasteiger partial charge in [-0.25, -0.2) is 9.59 Å². The smallest absolute Gasteiger partial charge is 0.340 e. The highest BCUT2D eigenvalue weighted by molar-refractivity contribution is 6.06. The van der Waals surface area contributed by atoms with Crippen LogP contribution in [-0.4, -0.2) is 17.0 Å². The molecule has 1 spiro atoms. The monoisotopic (exact) mass is 542 g/mol. The molecule has 2 heterocycles. The minimum absolute atomic E-state index is 0.129. The summed E-state index contributed by atoms with van der Waals surface area (Å²) in [5.74, 6) is 2.26. The van der Waals surface area contributed by atoms with Crippen molar-refractivity contribution in [1.82, 2.24) is 0 Å². The van der Waals surface area contributed by atoms with Gasteiger partial charge in [0, 0.05) is 17.1 Å². The molecule has 5 atom stereocenters. The molecule has 0 aromatic heterocycles. The zero-order valence-corrected chi connectivity index (χ0v) is 24.3. The van der Waals surface area contributed by atoms with Crippen molar-refractivity contribution in [1.29, 1.82) is 0 Å². The second-order valence-electron chi connectivity index (χ2n) is 12.8. The van der Waals surface area contributed by atoms with Gasteiger partial charge in [-0.2, -0.15) is 0 Å². The summed E-state index contributed by atoms with van der Waals surface area (Å²) in [7, 11) is 0. The van der Waals surface area contributed by atoms with Gasteiger partial charge < -0.3 is 14.6 Å². The highest BCUT2D eigenvalue weighted by atomic mass is 16.5. The Hall–Kier alpha value is -3.08. The standard InChI is InChI=1S/C35H42O5/c1-5-7-11-27-26-15-14-25-24-16-17-35(31(25)30(26)33(37)39-27)28(18-21(6-2)13-12-20(3)4)40-34(38)32(35)29(24)22-9-8-10-23(36)19-22/h8-11,18-21,24-25,31,36H,5-7,12-17H2,1-4H3/b27-11-,28-18-/t21-,24-,25+,31-,35-/m1/s1. The number of carbonyl (C=O) groups excluding carboxylic acids is 2. The first-order chi connectivity index (χ1) is 19.3. The number of unbranched alkanes of at least 4 members (excludes halogenated alkanes) is 1. The van der Waals surface area contributed by atoms with Gasteiger partial charge in [0.05, 0.1) is 11.0 Å². The molecule has 212 valence electrons. The number of cyclic esters (lactones) is 2. The summed E-state index contributed by atoms with van der Waals surface area (Å²) >= 11 is 0. The summed E-state index contributed by atoms with van der Waals surface area (Å²) in [6.07, 6.45) is 12.8. The summed E-state index contributed by atoms with van der Waals surface area (Å²) in [6, 6.07) is 7.30. The minimum atomic E-state index is -0.678. The van der Waals surface area contributed by atoms with E-state index in [4.69, 9.17) is 9.47 Å². The van der Waals surface area contributed by atoms with Gasteiger partial charge in [-0.3, -0.25) is 0 Å². The molecule has 2 bridgehead atoms. The molecule has 0 radical (unpaired) electrons. The zero-order chi connectivity index (χ0) is 28.2. The van der Waals surface area contributed by atoms with E-state index in [1.54, 1.807) is 12.1 Å². The summed E-state index contributed by atoms with van der Waals surface area (Å²) in [4.78, 5) is 27.6. The number of carbonyl (C=O) groups is 2. The van der Waals surface area contributed by atoms with Gasteiger partial charge in [-0.05, 0) is 104 Å². The average molecular weight is 543 g/mol. The maximum absolute atomic E-state index is 13.9. The van der Waals surface area contributed by atoms with Crippen molar-refractivity contribution < 1.29 is 24.2 Å². The van der Waals surface area contributed by atoms with Crippen LogP contribution >= 0.6 is 0 Å². The van der Waals surface area contributed by atoms with E-state index in [1.807, 2.05) is 12.1 Å². The van der Waals surface area contributed by atoms with Gasteiger partial charge in [0.1, 0.15) is 17.3 Å². The second kappa shape index (κ2) is 10.4. The molecule has 5 heteroatoms. The van der Waals surface area contributed by atoms with Crippen molar-refractivity contribution in [2.45, 2.75) is 85.5 Å². The third-order valence-corrected chi connectivity index (χ3v) is 10.1. The van der Waals surface area contributed by atoms with Crippen molar-refractivity contribution in [2.24, 2.45) is 35.0 Å². The molecule has 7 rings (SSSR count). The Labute approximate surface area is 238 Å². The van der Waals surface area contributed by atoms with Crippen molar-refractivity contribution in [3.05, 3.63) is 70.2 Å². The Morgan fingerprint density at radius 1 is 1.07 bits per heavy atom. The molecular formula is C35H42O5. The number of rotatable bonds is 8. The minimum Gasteiger partial charge on any atom is -0.508 e. The maximum atomic E-state index is 13.9. The Morgan fingerprint density at radius 2 is 1.90 bits per heavy atom. The molecule has 1 saturated heterocycles. The largest absolute Gasteiger partial charge is 0.508 e. The van der Waals surface area contributed by atoms with Crippen LogP contribution in [0.1, 0.15) is 91.0 Å². The number of hydrogen-bond donors (Lipinski definition) is 1. The van der Waals surface area contributed by atoms with E-state index in [0.29, 0.717) is 17.4 Å². The van der Waals surface area contributed by atoms with Gasteiger partial charge in [-0.15, -0.1) is 0 Å². The number of hydrogen-bond acceptors (Lipinski definition) is 5. The fourth-order valence-electron chi connectivity index (χ4n) is 8.35. The van der Waals surface area contributed by atoms with Crippen molar-refractivity contribution >= 4 is 17.5 Å². The fraction of sp³-hybridized carbons (Fsp3) is 0.543. The third-order valence-electron chi connectivity index (χ3n) is 10.1. The molecule has 6 aliphatic rings. The van der Waals surface area contributed by atoms with Gasteiger partial charge in [0.2, 0.25) is 0 Å². The lowest BCUT2D eigenvalue weighted by Crippen LogP contribution is -2.52. The highest BCUT2D eigenvalue weighted by Gasteiger charge is 2.68. The van der Waals surface area contributed by atoms with Crippen molar-refractivity contribution in [2.75, 3.05) is 0 Å². The van der Waals surface area contributed by atoms with Crippen LogP contribution in [0.4, 0.5) is 0 Å². The Kier molecular flexibility index (Phi) is 7.04. The van der Waals surface area contributed by atoms with E-state index in [9.17, 15) is 14.7 Å². The average Bonchev–Trinajstić information content (AvgIpc) is 3.42. The first kappa shape index (κ1) is 27.1. The van der Waals surface area contributed by atoms with Crippen LogP contribution in [0.2, 0.25) is 0 Å². The van der Waals surface area contributed by atoms with E-state index in [-0.39, 0.29) is 35.4 Å². The van der Waals surface area contributed by atoms with Gasteiger partial charge in [0.25, 0.3) is 0 Å². The van der Waals surface area contributed by atoms with Crippen LogP contribution in [-0.2, 0) is 19.1 Å². The summed E-state index contributed by atoms with van der Waals surface area (Å²) in [6.45, 7) is 8.82. The molecule has 0 unspecified atom stereocenters. The number of esters is 2. The van der Waals surface area contributed by atoms with Crippen LogP contribution in [0.15, 0.2) is 64.7 Å². The first-order valence-corrected chi connectivity index (χ1v) is 15.4. The highest BCUT2D eigenvalue weighted by Crippen LogP contribution is 2.71. The lowest BCUT2D eigenvalue weighted by atomic mass is 9.44. The molecular weight excluding hydrogens is 500 g/mol. The molecule has 4 aliphatic carbocycles.